The minimum absolute atomic E-state index is 0.140. The number of nitrogens with two attached hydrogens (primary N) is 1. The number of aryl methyl sites for hydroxylation is 1. The van der Waals surface area contributed by atoms with Gasteiger partial charge in [0.15, 0.2) is 0 Å². The summed E-state index contributed by atoms with van der Waals surface area (Å²) in [6.07, 6.45) is 0. The van der Waals surface area contributed by atoms with Crippen LogP contribution in [0.4, 0.5) is 11.4 Å². The first kappa shape index (κ1) is 13.9. The Morgan fingerprint density at radius 2 is 2.00 bits per heavy atom. The van der Waals surface area contributed by atoms with Crippen LogP contribution in [0.1, 0.15) is 24.0 Å². The Kier molecular flexibility index (Phi) is 3.94. The fourth-order valence-electron chi connectivity index (χ4n) is 1.92. The second kappa shape index (κ2) is 5.65. The zero-order chi connectivity index (χ0) is 14.7. The van der Waals surface area contributed by atoms with Crippen LogP contribution < -0.4 is 11.1 Å². The highest BCUT2D eigenvalue weighted by molar-refractivity contribution is 5.95. The lowest BCUT2D eigenvalue weighted by atomic mass is 9.99. The van der Waals surface area contributed by atoms with Crippen LogP contribution in [-0.2, 0) is 4.79 Å². The van der Waals surface area contributed by atoms with E-state index in [0.717, 1.165) is 11.1 Å². The molecule has 1 atom stereocenters. The average molecular weight is 270 g/mol. The van der Waals surface area contributed by atoms with E-state index in [-0.39, 0.29) is 17.6 Å². The lowest BCUT2D eigenvalue weighted by Crippen LogP contribution is -2.18. The van der Waals surface area contributed by atoms with Crippen LogP contribution in [0.15, 0.2) is 42.5 Å². The Bertz CT molecular complexity index is 638. The van der Waals surface area contributed by atoms with Crippen LogP contribution >= 0.6 is 0 Å². The highest BCUT2D eigenvalue weighted by Crippen LogP contribution is 2.23. The number of amides is 1. The number of hydrogen-bond donors (Lipinski definition) is 3. The number of anilines is 2. The Morgan fingerprint density at radius 1 is 1.25 bits per heavy atom. The van der Waals surface area contributed by atoms with Gasteiger partial charge in [-0.2, -0.15) is 0 Å². The van der Waals surface area contributed by atoms with Gasteiger partial charge in [-0.3, -0.25) is 4.79 Å². The molecule has 0 fully saturated rings. The summed E-state index contributed by atoms with van der Waals surface area (Å²) in [6.45, 7) is 3.62. The lowest BCUT2D eigenvalue weighted by Gasteiger charge is -2.13. The van der Waals surface area contributed by atoms with Gasteiger partial charge >= 0.3 is 0 Å². The number of aromatic hydroxyl groups is 1. The quantitative estimate of drug-likeness (QED) is 0.750. The fraction of sp³-hybridized carbons (Fsp3) is 0.188. The van der Waals surface area contributed by atoms with Gasteiger partial charge in [-0.1, -0.05) is 18.2 Å². The van der Waals surface area contributed by atoms with Crippen molar-refractivity contribution in [2.75, 3.05) is 11.1 Å². The minimum Gasteiger partial charge on any atom is -0.508 e. The second-order valence-corrected chi connectivity index (χ2v) is 4.88. The first-order valence-electron chi connectivity index (χ1n) is 6.43. The maximum absolute atomic E-state index is 12.2. The maximum Gasteiger partial charge on any atom is 0.231 e. The van der Waals surface area contributed by atoms with Crippen LogP contribution in [0, 0.1) is 6.92 Å². The molecule has 1 amide bonds. The summed E-state index contributed by atoms with van der Waals surface area (Å²) in [6, 6.07) is 12.3. The van der Waals surface area contributed by atoms with E-state index >= 15 is 0 Å². The molecule has 4 N–H and O–H groups in total. The number of carbonyl (C=O) groups is 1. The van der Waals surface area contributed by atoms with E-state index in [4.69, 9.17) is 5.73 Å². The molecule has 0 heterocycles. The summed E-state index contributed by atoms with van der Waals surface area (Å²) in [5.41, 5.74) is 8.56. The summed E-state index contributed by atoms with van der Waals surface area (Å²) in [5, 5.41) is 12.4. The van der Waals surface area contributed by atoms with E-state index in [1.54, 1.807) is 37.3 Å². The Balaban J connectivity index is 2.13. The van der Waals surface area contributed by atoms with E-state index < -0.39 is 0 Å². The molecule has 1 unspecified atom stereocenters. The first-order valence-corrected chi connectivity index (χ1v) is 6.43. The molecule has 20 heavy (non-hydrogen) atoms. The van der Waals surface area contributed by atoms with E-state index in [1.807, 2.05) is 19.1 Å². The predicted octanol–water partition coefficient (Wildman–Crippen LogP) is 3.03. The number of benzene rings is 2. The molecule has 0 radical (unpaired) electrons. The molecule has 2 aromatic carbocycles. The average Bonchev–Trinajstić information content (AvgIpc) is 2.42. The predicted molar refractivity (Wildman–Crippen MR) is 80.7 cm³/mol. The largest absolute Gasteiger partial charge is 0.508 e. The molecule has 2 rings (SSSR count). The van der Waals surface area contributed by atoms with Crippen molar-refractivity contribution in [3.63, 3.8) is 0 Å². The van der Waals surface area contributed by atoms with E-state index in [9.17, 15) is 9.90 Å². The van der Waals surface area contributed by atoms with Crippen molar-refractivity contribution in [3.8, 4) is 5.75 Å². The van der Waals surface area contributed by atoms with Gasteiger partial charge in [0.25, 0.3) is 0 Å². The summed E-state index contributed by atoms with van der Waals surface area (Å²) >= 11 is 0. The number of phenolic OH excluding ortho intramolecular Hbond substituents is 1. The molecule has 2 aromatic rings. The molecule has 0 bridgehead atoms. The van der Waals surface area contributed by atoms with Gasteiger partial charge < -0.3 is 16.2 Å². The SMILES string of the molecule is Cc1ccc(NC(=O)C(C)c2cccc(N)c2)cc1O. The van der Waals surface area contributed by atoms with Crippen molar-refractivity contribution in [3.05, 3.63) is 53.6 Å². The van der Waals surface area contributed by atoms with E-state index in [2.05, 4.69) is 5.32 Å². The molecular weight excluding hydrogens is 252 g/mol. The van der Waals surface area contributed by atoms with Crippen molar-refractivity contribution >= 4 is 17.3 Å². The van der Waals surface area contributed by atoms with Crippen LogP contribution in [-0.4, -0.2) is 11.0 Å². The Labute approximate surface area is 118 Å². The van der Waals surface area contributed by atoms with Crippen LogP contribution in [0.3, 0.4) is 0 Å². The van der Waals surface area contributed by atoms with Crippen LogP contribution in [0.25, 0.3) is 0 Å². The van der Waals surface area contributed by atoms with E-state index in [0.29, 0.717) is 11.4 Å². The third-order valence-electron chi connectivity index (χ3n) is 3.28. The molecule has 0 aromatic heterocycles. The minimum atomic E-state index is -0.318. The van der Waals surface area contributed by atoms with Crippen LogP contribution in [0.5, 0.6) is 5.75 Å². The molecule has 0 spiro atoms. The van der Waals surface area contributed by atoms with Crippen molar-refractivity contribution in [2.24, 2.45) is 0 Å². The van der Waals surface area contributed by atoms with Crippen molar-refractivity contribution < 1.29 is 9.90 Å². The van der Waals surface area contributed by atoms with Crippen molar-refractivity contribution in [1.82, 2.24) is 0 Å². The Morgan fingerprint density at radius 3 is 2.65 bits per heavy atom. The summed E-state index contributed by atoms with van der Waals surface area (Å²) in [4.78, 5) is 12.2. The monoisotopic (exact) mass is 270 g/mol. The van der Waals surface area contributed by atoms with Gasteiger partial charge in [-0.05, 0) is 43.2 Å². The smallest absolute Gasteiger partial charge is 0.231 e. The highest BCUT2D eigenvalue weighted by Gasteiger charge is 2.15. The van der Waals surface area contributed by atoms with Gasteiger partial charge in [0.1, 0.15) is 5.75 Å². The van der Waals surface area contributed by atoms with Crippen molar-refractivity contribution in [1.29, 1.82) is 0 Å². The normalized spacial score (nSPS) is 11.9. The second-order valence-electron chi connectivity index (χ2n) is 4.88. The number of carbonyl (C=O) groups excluding carboxylic acids is 1. The van der Waals surface area contributed by atoms with Gasteiger partial charge in [0.2, 0.25) is 5.91 Å². The number of nitrogen functional groups attached to an aromatic ring is 1. The van der Waals surface area contributed by atoms with Crippen molar-refractivity contribution in [2.45, 2.75) is 19.8 Å². The molecule has 4 nitrogen and oxygen atoms in total. The fourth-order valence-corrected chi connectivity index (χ4v) is 1.92. The van der Waals surface area contributed by atoms with E-state index in [1.165, 1.54) is 0 Å². The van der Waals surface area contributed by atoms with Gasteiger partial charge in [-0.15, -0.1) is 0 Å². The standard InChI is InChI=1S/C16H18N2O2/c1-10-6-7-14(9-15(10)19)18-16(20)11(2)12-4-3-5-13(17)8-12/h3-9,11,19H,17H2,1-2H3,(H,18,20). The molecule has 0 aliphatic carbocycles. The number of rotatable bonds is 3. The molecule has 0 aliphatic heterocycles. The molecule has 0 saturated carbocycles. The Hall–Kier alpha value is -2.49. The van der Waals surface area contributed by atoms with Gasteiger partial charge in [0.05, 0.1) is 5.92 Å². The maximum atomic E-state index is 12.2. The lowest BCUT2D eigenvalue weighted by molar-refractivity contribution is -0.117. The molecule has 0 saturated heterocycles. The topological polar surface area (TPSA) is 75.4 Å². The molecule has 104 valence electrons. The van der Waals surface area contributed by atoms with Gasteiger partial charge in [0, 0.05) is 17.4 Å². The molecule has 4 heteroatoms. The molecule has 0 aliphatic rings. The van der Waals surface area contributed by atoms with Gasteiger partial charge in [-0.25, -0.2) is 0 Å². The third kappa shape index (κ3) is 3.09. The summed E-state index contributed by atoms with van der Waals surface area (Å²) in [7, 11) is 0. The van der Waals surface area contributed by atoms with Crippen LogP contribution in [0.2, 0.25) is 0 Å². The first-order chi connectivity index (χ1) is 9.47. The number of hydrogen-bond acceptors (Lipinski definition) is 3. The number of nitrogens with one attached hydrogen (secondary N) is 1. The summed E-state index contributed by atoms with van der Waals surface area (Å²) in [5.74, 6) is -0.291. The highest BCUT2D eigenvalue weighted by atomic mass is 16.3. The zero-order valence-corrected chi connectivity index (χ0v) is 11.6. The summed E-state index contributed by atoms with van der Waals surface area (Å²) < 4.78 is 0. The molecular formula is C16H18N2O2. The third-order valence-corrected chi connectivity index (χ3v) is 3.28. The zero-order valence-electron chi connectivity index (χ0n) is 11.6. The number of phenols is 1.